The van der Waals surface area contributed by atoms with E-state index < -0.39 is 0 Å². The smallest absolute Gasteiger partial charge is 0.252 e. The average Bonchev–Trinajstić information content (AvgIpc) is 1.11. The minimum atomic E-state index is -0.181. The summed E-state index contributed by atoms with van der Waals surface area (Å²) in [5, 5.41) is 4.97. The lowest BCUT2D eigenvalue weighted by Crippen LogP contribution is -2.61. The molecule has 5 heteroatoms. The van der Waals surface area contributed by atoms with Crippen LogP contribution in [-0.4, -0.2) is 15.8 Å². The van der Waals surface area contributed by atoms with Gasteiger partial charge in [0.2, 0.25) is 0 Å². The third kappa shape index (κ3) is 9.56. The van der Waals surface area contributed by atoms with Gasteiger partial charge in [0.1, 0.15) is 0 Å². The summed E-state index contributed by atoms with van der Waals surface area (Å²) in [5.41, 5.74) is 29.4. The van der Waals surface area contributed by atoms with Crippen LogP contribution in [-0.2, 0) is 21.7 Å². The van der Waals surface area contributed by atoms with E-state index in [0.29, 0.717) is 0 Å². The molecule has 2 aliphatic rings. The number of hydrogen-bond acceptors (Lipinski definition) is 2. The van der Waals surface area contributed by atoms with Gasteiger partial charge >= 0.3 is 0 Å². The topological polar surface area (TPSA) is 16.3 Å². The quantitative estimate of drug-likeness (QED) is 0.148. The summed E-state index contributed by atoms with van der Waals surface area (Å²) in [6, 6.07) is 99.7. The first-order valence-corrected chi connectivity index (χ1v) is 33.3. The third-order valence-electron chi connectivity index (χ3n) is 20.1. The second kappa shape index (κ2) is 21.2. The molecule has 2 aromatic heterocycles. The minimum Gasteiger partial charge on any atom is -0.311 e. The molecule has 14 aromatic rings. The highest BCUT2D eigenvalue weighted by atomic mass is 15.2. The second-order valence-electron chi connectivity index (χ2n) is 30.3. The molecule has 0 saturated carbocycles. The van der Waals surface area contributed by atoms with Crippen LogP contribution in [0.4, 0.5) is 34.1 Å². The summed E-state index contributed by atoms with van der Waals surface area (Å²) in [6.45, 7) is 28.2. The predicted molar refractivity (Wildman–Crippen MR) is 400 cm³/mol. The highest BCUT2D eigenvalue weighted by Crippen LogP contribution is 2.52. The number of hydrogen-bond donors (Lipinski definition) is 0. The Morgan fingerprint density at radius 2 is 0.581 bits per heavy atom. The average molecular weight is 1200 g/mol. The molecule has 0 unspecified atom stereocenters. The van der Waals surface area contributed by atoms with E-state index in [1.165, 1.54) is 110 Å². The minimum absolute atomic E-state index is 0.158. The Labute approximate surface area is 549 Å². The van der Waals surface area contributed by atoms with Crippen molar-refractivity contribution >= 4 is 101 Å². The molecule has 12 aromatic carbocycles. The van der Waals surface area contributed by atoms with E-state index in [9.17, 15) is 0 Å². The van der Waals surface area contributed by atoms with Crippen molar-refractivity contribution in [3.8, 4) is 44.8 Å². The molecule has 0 spiro atoms. The van der Waals surface area contributed by atoms with Crippen molar-refractivity contribution in [2.45, 2.75) is 105 Å². The first kappa shape index (κ1) is 58.0. The number of aromatic nitrogens is 2. The maximum atomic E-state index is 2.69. The number of fused-ring (bicyclic) bond motifs is 10. The van der Waals surface area contributed by atoms with E-state index in [0.717, 1.165) is 51.1 Å². The molecule has 93 heavy (non-hydrogen) atoms. The first-order chi connectivity index (χ1) is 44.7. The lowest BCUT2D eigenvalue weighted by atomic mass is 9.33. The number of anilines is 6. The van der Waals surface area contributed by atoms with Gasteiger partial charge in [-0.25, -0.2) is 0 Å². The SMILES string of the molecule is CC(C)(C)c1cc(N2c3cc(-n4c5ccccc5c5ccccc54)ccc3B3c4ccc(-n5c6ccccc6c6ccccc65)cc4N(c4cc(C(C)(C)C)cc(C(C)(C)C)c4)c4cc(-c5c(-c6ccccc6)cccc5-c5ccccc5)cc2c43)cc(C(C)(C)C)c1. The molecule has 0 aliphatic carbocycles. The molecule has 16 rings (SSSR count). The van der Waals surface area contributed by atoms with E-state index >= 15 is 0 Å². The molecule has 0 N–H and O–H groups in total. The predicted octanol–water partition coefficient (Wildman–Crippen LogP) is 22.2. The summed E-state index contributed by atoms with van der Waals surface area (Å²) < 4.78 is 5.00. The van der Waals surface area contributed by atoms with Crippen LogP contribution in [0.2, 0.25) is 0 Å². The summed E-state index contributed by atoms with van der Waals surface area (Å²) in [6.07, 6.45) is 0. The van der Waals surface area contributed by atoms with Crippen LogP contribution >= 0.6 is 0 Å². The zero-order valence-electron chi connectivity index (χ0n) is 55.7. The molecule has 2 aliphatic heterocycles. The van der Waals surface area contributed by atoms with E-state index in [-0.39, 0.29) is 28.4 Å². The Bertz CT molecular complexity index is 4830. The molecule has 4 nitrogen and oxygen atoms in total. The summed E-state index contributed by atoms with van der Waals surface area (Å²) in [5.74, 6) is 0. The number of benzene rings is 12. The fourth-order valence-corrected chi connectivity index (χ4v) is 15.1. The third-order valence-corrected chi connectivity index (χ3v) is 20.1. The van der Waals surface area contributed by atoms with Gasteiger partial charge in [0.25, 0.3) is 6.71 Å². The van der Waals surface area contributed by atoms with Gasteiger partial charge in [-0.05, 0) is 179 Å². The number of nitrogens with zero attached hydrogens (tertiary/aromatic N) is 4. The maximum Gasteiger partial charge on any atom is 0.252 e. The maximum absolute atomic E-state index is 2.69. The van der Waals surface area contributed by atoms with Crippen LogP contribution in [0, 0.1) is 0 Å². The molecular formula is C88H79BN4. The Morgan fingerprint density at radius 3 is 0.914 bits per heavy atom. The fourth-order valence-electron chi connectivity index (χ4n) is 15.1. The van der Waals surface area contributed by atoms with Gasteiger partial charge in [-0.3, -0.25) is 0 Å². The van der Waals surface area contributed by atoms with Crippen LogP contribution in [0.5, 0.6) is 0 Å². The Balaban J connectivity index is 1.10. The molecule has 4 heterocycles. The lowest BCUT2D eigenvalue weighted by Gasteiger charge is -2.45. The summed E-state index contributed by atoms with van der Waals surface area (Å²) in [7, 11) is 0. The van der Waals surface area contributed by atoms with Crippen molar-refractivity contribution in [2.24, 2.45) is 0 Å². The van der Waals surface area contributed by atoms with Gasteiger partial charge in [0, 0.05) is 67.0 Å². The molecule has 454 valence electrons. The molecule has 0 saturated heterocycles. The van der Waals surface area contributed by atoms with Crippen LogP contribution in [0.1, 0.15) is 105 Å². The van der Waals surface area contributed by atoms with Crippen molar-refractivity contribution in [1.29, 1.82) is 0 Å². The van der Waals surface area contributed by atoms with Crippen molar-refractivity contribution in [3.63, 3.8) is 0 Å². The molecular weight excluding hydrogens is 1120 g/mol. The summed E-state index contributed by atoms with van der Waals surface area (Å²) in [4.78, 5) is 5.37. The lowest BCUT2D eigenvalue weighted by molar-refractivity contribution is 0.568. The molecule has 0 bridgehead atoms. The fraction of sp³-hybridized carbons (Fsp3) is 0.182. The van der Waals surface area contributed by atoms with Gasteiger partial charge in [0.05, 0.1) is 22.1 Å². The highest BCUT2D eigenvalue weighted by Gasteiger charge is 2.45. The Kier molecular flexibility index (Phi) is 13.2. The zero-order valence-corrected chi connectivity index (χ0v) is 55.7. The second-order valence-corrected chi connectivity index (χ2v) is 30.3. The van der Waals surface area contributed by atoms with Crippen LogP contribution in [0.25, 0.3) is 88.4 Å². The van der Waals surface area contributed by atoms with E-state index in [1.54, 1.807) is 0 Å². The van der Waals surface area contributed by atoms with Gasteiger partial charge in [-0.1, -0.05) is 259 Å². The van der Waals surface area contributed by atoms with Crippen molar-refractivity contribution in [3.05, 3.63) is 283 Å². The van der Waals surface area contributed by atoms with E-state index in [1.807, 2.05) is 0 Å². The van der Waals surface area contributed by atoms with Crippen LogP contribution in [0.15, 0.2) is 261 Å². The van der Waals surface area contributed by atoms with Gasteiger partial charge in [0.15, 0.2) is 0 Å². The van der Waals surface area contributed by atoms with E-state index in [4.69, 9.17) is 0 Å². The van der Waals surface area contributed by atoms with Crippen molar-refractivity contribution < 1.29 is 0 Å². The van der Waals surface area contributed by atoms with Gasteiger partial charge in [-0.2, -0.15) is 0 Å². The largest absolute Gasteiger partial charge is 0.311 e. The molecule has 0 amide bonds. The monoisotopic (exact) mass is 1200 g/mol. The Hall–Kier alpha value is -10.1. The number of rotatable bonds is 7. The van der Waals surface area contributed by atoms with Crippen molar-refractivity contribution in [2.75, 3.05) is 9.80 Å². The zero-order chi connectivity index (χ0) is 64.0. The highest BCUT2D eigenvalue weighted by molar-refractivity contribution is 7.00. The molecule has 0 radical (unpaired) electrons. The first-order valence-electron chi connectivity index (χ1n) is 33.3. The standard InChI is InChI=1S/C88H79BN4/c1-85(2,3)59-48-60(86(4,5)6)51-65(50-59)92-79-54-63(90-75-38-23-19-32-69(75)70-33-20-24-39-76(70)90)42-44-73(79)89-74-45-43-64(91-77-40-25-21-34-71(77)72-35-22-26-41-78(72)91)55-80(74)93(66-52-61(87(7,8)9)49-62(53-66)88(10,11)12)82-47-58(46-81(92)84(82)89)83-67(56-28-15-13-16-29-56)36-27-37-68(83)57-30-17-14-18-31-57/h13-55H,1-12H3. The van der Waals surface area contributed by atoms with E-state index in [2.05, 4.69) is 363 Å². The molecule has 0 fully saturated rings. The Morgan fingerprint density at radius 1 is 0.258 bits per heavy atom. The van der Waals surface area contributed by atoms with Gasteiger partial charge < -0.3 is 18.9 Å². The van der Waals surface area contributed by atoms with Crippen LogP contribution in [0.3, 0.4) is 0 Å². The summed E-state index contributed by atoms with van der Waals surface area (Å²) >= 11 is 0. The normalized spacial score (nSPS) is 13.3. The van der Waals surface area contributed by atoms with Crippen molar-refractivity contribution in [1.82, 2.24) is 9.13 Å². The van der Waals surface area contributed by atoms with Gasteiger partial charge in [-0.15, -0.1) is 0 Å². The van der Waals surface area contributed by atoms with Crippen LogP contribution < -0.4 is 26.2 Å². The number of para-hydroxylation sites is 4. The molecule has 0 atom stereocenters.